The molecule has 160 valence electrons. The number of aliphatic imine (C=N–C) groups is 1. The van der Waals surface area contributed by atoms with E-state index < -0.39 is 10.0 Å². The van der Waals surface area contributed by atoms with Crippen LogP contribution in [0.3, 0.4) is 0 Å². The molecule has 0 amide bonds. The van der Waals surface area contributed by atoms with Gasteiger partial charge in [-0.25, -0.2) is 13.1 Å². The zero-order valence-electron chi connectivity index (χ0n) is 16.5. The maximum atomic E-state index is 12.1. The van der Waals surface area contributed by atoms with E-state index in [1.807, 2.05) is 55.5 Å². The summed E-state index contributed by atoms with van der Waals surface area (Å²) in [5.74, 6) is 1.48. The molecule has 2 rings (SSSR count). The fraction of sp³-hybridized carbons (Fsp3) is 0.350. The number of hydrogen-bond donors (Lipinski definition) is 3. The van der Waals surface area contributed by atoms with Crippen molar-refractivity contribution in [3.05, 3.63) is 66.2 Å². The van der Waals surface area contributed by atoms with E-state index in [1.165, 1.54) is 4.90 Å². The second-order valence-corrected chi connectivity index (χ2v) is 9.07. The third kappa shape index (κ3) is 11.5. The number of sulfonamides is 1. The van der Waals surface area contributed by atoms with Crippen LogP contribution in [0, 0.1) is 0 Å². The molecule has 2 aromatic rings. The van der Waals surface area contributed by atoms with Crippen molar-refractivity contribution in [1.82, 2.24) is 15.4 Å². The van der Waals surface area contributed by atoms with Crippen molar-refractivity contribution < 1.29 is 8.42 Å². The van der Waals surface area contributed by atoms with Gasteiger partial charge in [0.25, 0.3) is 0 Å². The molecule has 0 unspecified atom stereocenters. The predicted molar refractivity (Wildman–Crippen MR) is 134 cm³/mol. The second kappa shape index (κ2) is 14.6. The van der Waals surface area contributed by atoms with Crippen LogP contribution >= 0.6 is 35.7 Å². The van der Waals surface area contributed by atoms with Gasteiger partial charge in [0.2, 0.25) is 10.0 Å². The zero-order valence-corrected chi connectivity index (χ0v) is 20.5. The number of rotatable bonds is 11. The summed E-state index contributed by atoms with van der Waals surface area (Å²) >= 11 is 1.76. The third-order valence-electron chi connectivity index (χ3n) is 3.72. The van der Waals surface area contributed by atoms with Gasteiger partial charge in [-0.05, 0) is 24.6 Å². The number of nitrogens with one attached hydrogen (secondary N) is 3. The SMILES string of the molecule is CCNC(=NCCS(=O)(=O)NCc1ccccc1)NCCSc1ccccc1.I. The van der Waals surface area contributed by atoms with E-state index >= 15 is 0 Å². The minimum atomic E-state index is -3.37. The average Bonchev–Trinajstić information content (AvgIpc) is 2.71. The van der Waals surface area contributed by atoms with Gasteiger partial charge in [-0.1, -0.05) is 48.5 Å². The van der Waals surface area contributed by atoms with E-state index in [4.69, 9.17) is 0 Å². The normalized spacial score (nSPS) is 11.6. The maximum absolute atomic E-state index is 12.1. The fourth-order valence-electron chi connectivity index (χ4n) is 2.34. The van der Waals surface area contributed by atoms with Crippen LogP contribution in [0.4, 0.5) is 0 Å². The highest BCUT2D eigenvalue weighted by molar-refractivity contribution is 14.0. The van der Waals surface area contributed by atoms with Crippen LogP contribution in [0.15, 0.2) is 70.6 Å². The molecule has 0 aliphatic heterocycles. The van der Waals surface area contributed by atoms with Gasteiger partial charge in [0, 0.05) is 30.3 Å². The summed E-state index contributed by atoms with van der Waals surface area (Å²) in [6.07, 6.45) is 0. The summed E-state index contributed by atoms with van der Waals surface area (Å²) in [4.78, 5) is 5.59. The molecule has 29 heavy (non-hydrogen) atoms. The first-order chi connectivity index (χ1) is 13.6. The van der Waals surface area contributed by atoms with Gasteiger partial charge in [0.1, 0.15) is 0 Å². The van der Waals surface area contributed by atoms with E-state index in [0.717, 1.165) is 24.4 Å². The van der Waals surface area contributed by atoms with Crippen molar-refractivity contribution in [1.29, 1.82) is 0 Å². The van der Waals surface area contributed by atoms with Gasteiger partial charge in [-0.2, -0.15) is 0 Å². The Morgan fingerprint density at radius 3 is 2.31 bits per heavy atom. The van der Waals surface area contributed by atoms with Crippen LogP contribution in [0.5, 0.6) is 0 Å². The molecule has 0 saturated carbocycles. The molecule has 0 atom stereocenters. The summed E-state index contributed by atoms with van der Waals surface area (Å²) in [5, 5.41) is 6.38. The van der Waals surface area contributed by atoms with Crippen molar-refractivity contribution in [2.24, 2.45) is 4.99 Å². The van der Waals surface area contributed by atoms with E-state index in [9.17, 15) is 8.42 Å². The topological polar surface area (TPSA) is 82.6 Å². The van der Waals surface area contributed by atoms with Crippen LogP contribution in [0.25, 0.3) is 0 Å². The number of halogens is 1. The van der Waals surface area contributed by atoms with Crippen LogP contribution < -0.4 is 15.4 Å². The molecule has 6 nitrogen and oxygen atoms in total. The highest BCUT2D eigenvalue weighted by Crippen LogP contribution is 2.15. The van der Waals surface area contributed by atoms with Gasteiger partial charge in [-0.3, -0.25) is 4.99 Å². The third-order valence-corrected chi connectivity index (χ3v) is 6.04. The van der Waals surface area contributed by atoms with E-state index in [-0.39, 0.29) is 36.3 Å². The second-order valence-electron chi connectivity index (χ2n) is 5.97. The van der Waals surface area contributed by atoms with Crippen LogP contribution in [0.2, 0.25) is 0 Å². The van der Waals surface area contributed by atoms with Gasteiger partial charge in [-0.15, -0.1) is 35.7 Å². The molecule has 0 saturated heterocycles. The van der Waals surface area contributed by atoms with Gasteiger partial charge < -0.3 is 10.6 Å². The minimum Gasteiger partial charge on any atom is -0.357 e. The Balaban J connectivity index is 0.00000420. The number of thioether (sulfide) groups is 1. The summed E-state index contributed by atoms with van der Waals surface area (Å²) < 4.78 is 26.9. The molecule has 0 fully saturated rings. The molecule has 0 bridgehead atoms. The van der Waals surface area contributed by atoms with Crippen LogP contribution in [0.1, 0.15) is 12.5 Å². The molecular weight excluding hydrogens is 519 g/mol. The summed E-state index contributed by atoms with van der Waals surface area (Å²) in [5.41, 5.74) is 0.931. The fourth-order valence-corrected chi connectivity index (χ4v) is 3.99. The Morgan fingerprint density at radius 1 is 1.00 bits per heavy atom. The van der Waals surface area contributed by atoms with Crippen molar-refractivity contribution in [3.63, 3.8) is 0 Å². The van der Waals surface area contributed by atoms with Crippen molar-refractivity contribution in [2.75, 3.05) is 31.1 Å². The molecule has 0 aliphatic carbocycles. The molecule has 0 aliphatic rings. The number of benzene rings is 2. The highest BCUT2D eigenvalue weighted by Gasteiger charge is 2.09. The van der Waals surface area contributed by atoms with E-state index in [1.54, 1.807) is 11.8 Å². The summed E-state index contributed by atoms with van der Waals surface area (Å²) in [7, 11) is -3.37. The molecule has 3 N–H and O–H groups in total. The summed E-state index contributed by atoms with van der Waals surface area (Å²) in [6, 6.07) is 19.7. The number of hydrogen-bond acceptors (Lipinski definition) is 4. The Morgan fingerprint density at radius 2 is 1.66 bits per heavy atom. The zero-order chi connectivity index (χ0) is 20.1. The lowest BCUT2D eigenvalue weighted by Gasteiger charge is -2.11. The molecule has 0 heterocycles. The largest absolute Gasteiger partial charge is 0.357 e. The Kier molecular flexibility index (Phi) is 13.0. The summed E-state index contributed by atoms with van der Waals surface area (Å²) in [6.45, 7) is 3.93. The number of guanidine groups is 1. The predicted octanol–water partition coefficient (Wildman–Crippen LogP) is 3.07. The maximum Gasteiger partial charge on any atom is 0.213 e. The van der Waals surface area contributed by atoms with Gasteiger partial charge in [0.15, 0.2) is 5.96 Å². The number of nitrogens with zero attached hydrogens (tertiary/aromatic N) is 1. The van der Waals surface area contributed by atoms with Gasteiger partial charge >= 0.3 is 0 Å². The lowest BCUT2D eigenvalue weighted by molar-refractivity contribution is 0.581. The quantitative estimate of drug-likeness (QED) is 0.132. The van der Waals surface area contributed by atoms with Gasteiger partial charge in [0.05, 0.1) is 12.3 Å². The average molecular weight is 549 g/mol. The minimum absolute atomic E-state index is 0. The smallest absolute Gasteiger partial charge is 0.213 e. The Bertz CT molecular complexity index is 819. The highest BCUT2D eigenvalue weighted by atomic mass is 127. The van der Waals surface area contributed by atoms with E-state index in [2.05, 4.69) is 32.5 Å². The monoisotopic (exact) mass is 548 g/mol. The van der Waals surface area contributed by atoms with Crippen molar-refractivity contribution in [3.8, 4) is 0 Å². The molecule has 0 spiro atoms. The molecule has 9 heteroatoms. The van der Waals surface area contributed by atoms with Crippen LogP contribution in [-0.2, 0) is 16.6 Å². The molecule has 2 aromatic carbocycles. The lowest BCUT2D eigenvalue weighted by Crippen LogP contribution is -2.39. The Hall–Kier alpha value is -1.30. The van der Waals surface area contributed by atoms with Crippen LogP contribution in [-0.4, -0.2) is 45.5 Å². The Labute approximate surface area is 195 Å². The molecule has 0 aromatic heterocycles. The first-order valence-electron chi connectivity index (χ1n) is 9.30. The van der Waals surface area contributed by atoms with E-state index in [0.29, 0.717) is 12.5 Å². The van der Waals surface area contributed by atoms with Crippen molar-refractivity contribution in [2.45, 2.75) is 18.4 Å². The standard InChI is InChI=1S/C20H28N4O2S2.HI/c1-2-21-20(22-13-15-27-19-11-7-4-8-12-19)23-14-16-28(25,26)24-17-18-9-5-3-6-10-18;/h3-12,24H,2,13-17H2,1H3,(H2,21,22,23);1H. The lowest BCUT2D eigenvalue weighted by atomic mass is 10.2. The molecule has 0 radical (unpaired) electrons. The first-order valence-corrected chi connectivity index (χ1v) is 11.9. The van der Waals surface area contributed by atoms with Crippen molar-refractivity contribution >= 4 is 51.7 Å². The first kappa shape index (κ1) is 25.7. The molecular formula is C20H29IN4O2S2.